The van der Waals surface area contributed by atoms with Gasteiger partial charge in [0.1, 0.15) is 24.7 Å². The lowest BCUT2D eigenvalue weighted by Gasteiger charge is -2.12. The molecule has 0 radical (unpaired) electrons. The summed E-state index contributed by atoms with van der Waals surface area (Å²) in [5, 5.41) is 18.0. The smallest absolute Gasteiger partial charge is 0.336 e. The fourth-order valence-corrected chi connectivity index (χ4v) is 3.30. The Bertz CT molecular complexity index is 822. The zero-order valence-corrected chi connectivity index (χ0v) is 17.2. The molecule has 0 unspecified atom stereocenters. The van der Waals surface area contributed by atoms with Crippen molar-refractivity contribution in [3.05, 3.63) is 54.9 Å². The van der Waals surface area contributed by atoms with Crippen LogP contribution >= 0.6 is 47.8 Å². The molecule has 0 aromatic heterocycles. The van der Waals surface area contributed by atoms with Gasteiger partial charge in [-0.2, -0.15) is 0 Å². The van der Waals surface area contributed by atoms with Crippen LogP contribution in [0, 0.1) is 0 Å². The summed E-state index contributed by atoms with van der Waals surface area (Å²) in [4.78, 5) is 21.9. The molecule has 6 nitrogen and oxygen atoms in total. The largest absolute Gasteiger partial charge is 0.489 e. The van der Waals surface area contributed by atoms with E-state index in [1.807, 2.05) is 0 Å². The first kappa shape index (κ1) is 19.7. The molecule has 0 saturated carbocycles. The lowest BCUT2D eigenvalue weighted by molar-refractivity contribution is 0.0685. The molecule has 25 heavy (non-hydrogen) atoms. The molecule has 0 spiro atoms. The number of aromatic carboxylic acids is 2. The first-order valence-corrected chi connectivity index (χ1v) is 9.18. The quantitative estimate of drug-likeness (QED) is 0.491. The van der Waals surface area contributed by atoms with Crippen LogP contribution in [0.3, 0.4) is 0 Å². The van der Waals surface area contributed by atoms with Crippen molar-refractivity contribution in [1.29, 1.82) is 0 Å². The highest BCUT2D eigenvalue weighted by Crippen LogP contribution is 2.32. The zero-order valence-electron chi connectivity index (χ0n) is 12.5. The van der Waals surface area contributed by atoms with Crippen LogP contribution < -0.4 is 9.47 Å². The number of carboxylic acid groups (broad SMARTS) is 2. The SMILES string of the molecule is O=C(O)c1ccc(OCCOc2cc(Br)c(C(=O)O)cc2Br)c(Br)c1. The molecule has 2 N–H and O–H groups in total. The van der Waals surface area contributed by atoms with Crippen LogP contribution in [-0.4, -0.2) is 35.4 Å². The van der Waals surface area contributed by atoms with E-state index < -0.39 is 11.9 Å². The molecule has 2 aromatic carbocycles. The van der Waals surface area contributed by atoms with Gasteiger partial charge in [0.2, 0.25) is 0 Å². The molecule has 0 heterocycles. The van der Waals surface area contributed by atoms with E-state index in [-0.39, 0.29) is 24.3 Å². The Hall–Kier alpha value is -1.58. The van der Waals surface area contributed by atoms with Crippen molar-refractivity contribution in [3.63, 3.8) is 0 Å². The summed E-state index contributed by atoms with van der Waals surface area (Å²) in [5.41, 5.74) is 0.278. The van der Waals surface area contributed by atoms with Crippen LogP contribution in [0.15, 0.2) is 43.7 Å². The summed E-state index contributed by atoms with van der Waals surface area (Å²) in [6.45, 7) is 0.431. The lowest BCUT2D eigenvalue weighted by atomic mass is 10.2. The minimum Gasteiger partial charge on any atom is -0.489 e. The maximum absolute atomic E-state index is 11.0. The van der Waals surface area contributed by atoms with Gasteiger partial charge in [-0.3, -0.25) is 0 Å². The first-order chi connectivity index (χ1) is 11.8. The Kier molecular flexibility index (Phi) is 6.86. The number of carbonyl (C=O) groups is 2. The molecular weight excluding hydrogens is 528 g/mol. The Morgan fingerprint density at radius 2 is 1.40 bits per heavy atom. The Balaban J connectivity index is 1.95. The number of ether oxygens (including phenoxy) is 2. The summed E-state index contributed by atoms with van der Waals surface area (Å²) >= 11 is 9.71. The van der Waals surface area contributed by atoms with E-state index in [0.29, 0.717) is 24.9 Å². The van der Waals surface area contributed by atoms with Gasteiger partial charge in [0.25, 0.3) is 0 Å². The second-order valence-corrected chi connectivity index (χ2v) is 7.28. The molecule has 132 valence electrons. The summed E-state index contributed by atoms with van der Waals surface area (Å²) in [6, 6.07) is 7.47. The molecule has 2 aromatic rings. The minimum absolute atomic E-state index is 0.123. The van der Waals surface area contributed by atoms with Gasteiger partial charge in [-0.15, -0.1) is 0 Å². The fourth-order valence-electron chi connectivity index (χ4n) is 1.86. The van der Waals surface area contributed by atoms with Crippen molar-refractivity contribution >= 4 is 59.7 Å². The third kappa shape index (κ3) is 5.20. The molecule has 2 rings (SSSR count). The van der Waals surface area contributed by atoms with E-state index >= 15 is 0 Å². The Morgan fingerprint density at radius 3 is 1.96 bits per heavy atom. The van der Waals surface area contributed by atoms with Crippen molar-refractivity contribution in [3.8, 4) is 11.5 Å². The van der Waals surface area contributed by atoms with Gasteiger partial charge in [-0.25, -0.2) is 9.59 Å². The molecule has 0 aliphatic carbocycles. The van der Waals surface area contributed by atoms with Crippen molar-refractivity contribution in [2.45, 2.75) is 0 Å². The molecule has 0 fully saturated rings. The molecule has 9 heteroatoms. The number of rotatable bonds is 7. The molecular formula is C16H11Br3O6. The number of benzene rings is 2. The van der Waals surface area contributed by atoms with Crippen LogP contribution in [0.1, 0.15) is 20.7 Å². The van der Waals surface area contributed by atoms with E-state index in [1.54, 1.807) is 12.1 Å². The van der Waals surface area contributed by atoms with Crippen molar-refractivity contribution in [1.82, 2.24) is 0 Å². The molecule has 0 aliphatic rings. The normalized spacial score (nSPS) is 10.4. The summed E-state index contributed by atoms with van der Waals surface area (Å²) in [7, 11) is 0. The van der Waals surface area contributed by atoms with Crippen LogP contribution in [0.2, 0.25) is 0 Å². The molecule has 0 aliphatic heterocycles. The van der Waals surface area contributed by atoms with E-state index in [2.05, 4.69) is 47.8 Å². The van der Waals surface area contributed by atoms with E-state index in [0.717, 1.165) is 0 Å². The van der Waals surface area contributed by atoms with E-state index in [1.165, 1.54) is 18.2 Å². The second-order valence-electron chi connectivity index (χ2n) is 4.71. The predicted molar refractivity (Wildman–Crippen MR) is 101 cm³/mol. The van der Waals surface area contributed by atoms with E-state index in [9.17, 15) is 9.59 Å². The van der Waals surface area contributed by atoms with Crippen LogP contribution in [0.5, 0.6) is 11.5 Å². The highest BCUT2D eigenvalue weighted by Gasteiger charge is 2.13. The third-order valence-electron chi connectivity index (χ3n) is 3.03. The van der Waals surface area contributed by atoms with Crippen LogP contribution in [0.4, 0.5) is 0 Å². The van der Waals surface area contributed by atoms with Gasteiger partial charge in [-0.1, -0.05) is 0 Å². The number of carboxylic acids is 2. The monoisotopic (exact) mass is 536 g/mol. The Morgan fingerprint density at radius 1 is 0.800 bits per heavy atom. The van der Waals surface area contributed by atoms with Gasteiger partial charge >= 0.3 is 11.9 Å². The second kappa shape index (κ2) is 8.68. The molecule has 0 bridgehead atoms. The summed E-state index contributed by atoms with van der Waals surface area (Å²) < 4.78 is 12.6. The molecule has 0 atom stereocenters. The number of hydrogen-bond acceptors (Lipinski definition) is 4. The predicted octanol–water partition coefficient (Wildman–Crippen LogP) is 4.83. The van der Waals surface area contributed by atoms with Gasteiger partial charge in [0, 0.05) is 4.47 Å². The fraction of sp³-hybridized carbons (Fsp3) is 0.125. The zero-order chi connectivity index (χ0) is 18.6. The maximum Gasteiger partial charge on any atom is 0.336 e. The maximum atomic E-state index is 11.0. The highest BCUT2D eigenvalue weighted by atomic mass is 79.9. The van der Waals surface area contributed by atoms with Gasteiger partial charge < -0.3 is 19.7 Å². The first-order valence-electron chi connectivity index (χ1n) is 6.80. The average molecular weight is 539 g/mol. The third-order valence-corrected chi connectivity index (χ3v) is 4.92. The number of halogens is 3. The average Bonchev–Trinajstić information content (AvgIpc) is 2.54. The topological polar surface area (TPSA) is 93.1 Å². The lowest BCUT2D eigenvalue weighted by Crippen LogP contribution is -2.10. The standard InChI is InChI=1S/C16H11Br3O6/c17-10-7-14(12(19)6-9(10)16(22)23)25-4-3-24-13-2-1-8(15(20)21)5-11(13)18/h1-2,5-7H,3-4H2,(H,20,21)(H,22,23). The summed E-state index contributed by atoms with van der Waals surface area (Å²) in [6.07, 6.45) is 0. The van der Waals surface area contributed by atoms with Crippen LogP contribution in [-0.2, 0) is 0 Å². The van der Waals surface area contributed by atoms with Crippen molar-refractivity contribution < 1.29 is 29.3 Å². The summed E-state index contributed by atoms with van der Waals surface area (Å²) in [5.74, 6) is -1.09. The van der Waals surface area contributed by atoms with Crippen LogP contribution in [0.25, 0.3) is 0 Å². The van der Waals surface area contributed by atoms with Crippen molar-refractivity contribution in [2.24, 2.45) is 0 Å². The molecule has 0 saturated heterocycles. The Labute approximate surface area is 168 Å². The van der Waals surface area contributed by atoms with Gasteiger partial charge in [0.05, 0.1) is 20.1 Å². The number of hydrogen-bond donors (Lipinski definition) is 2. The van der Waals surface area contributed by atoms with E-state index in [4.69, 9.17) is 19.7 Å². The minimum atomic E-state index is -1.04. The van der Waals surface area contributed by atoms with Gasteiger partial charge in [0.15, 0.2) is 0 Å². The van der Waals surface area contributed by atoms with Gasteiger partial charge in [-0.05, 0) is 78.1 Å². The molecule has 0 amide bonds. The van der Waals surface area contributed by atoms with Crippen molar-refractivity contribution in [2.75, 3.05) is 13.2 Å². The highest BCUT2D eigenvalue weighted by molar-refractivity contribution is 9.11.